The van der Waals surface area contributed by atoms with Gasteiger partial charge in [0, 0.05) is 5.56 Å². The topological polar surface area (TPSA) is 72.6 Å². The summed E-state index contributed by atoms with van der Waals surface area (Å²) in [6.45, 7) is 6.76. The summed E-state index contributed by atoms with van der Waals surface area (Å²) in [4.78, 5) is 41.6. The smallest absolute Gasteiger partial charge is 0.338 e. The van der Waals surface area contributed by atoms with Crippen LogP contribution in [0.25, 0.3) is 0 Å². The van der Waals surface area contributed by atoms with Crippen LogP contribution in [0.3, 0.4) is 0 Å². The van der Waals surface area contributed by atoms with E-state index in [1.54, 1.807) is 31.2 Å². The van der Waals surface area contributed by atoms with Gasteiger partial charge in [0.2, 0.25) is 5.91 Å². The van der Waals surface area contributed by atoms with E-state index in [0.29, 0.717) is 17.9 Å². The molecule has 2 aliphatic rings. The number of esters is 1. The zero-order valence-electron chi connectivity index (χ0n) is 17.8. The van der Waals surface area contributed by atoms with Crippen LogP contribution in [0.2, 0.25) is 0 Å². The molecule has 0 aliphatic carbocycles. The van der Waals surface area contributed by atoms with E-state index in [-0.39, 0.29) is 24.3 Å². The summed E-state index contributed by atoms with van der Waals surface area (Å²) in [5.41, 5.74) is 2.24. The fourth-order valence-electron chi connectivity index (χ4n) is 4.52. The number of benzene rings is 2. The molecular weight excluding hydrogens is 394 g/mol. The summed E-state index contributed by atoms with van der Waals surface area (Å²) in [6, 6.07) is 16.6. The van der Waals surface area contributed by atoms with Crippen molar-refractivity contribution in [3.05, 3.63) is 65.7 Å². The second-order valence-corrected chi connectivity index (χ2v) is 8.16. The van der Waals surface area contributed by atoms with Gasteiger partial charge >= 0.3 is 5.97 Å². The first-order valence-electron chi connectivity index (χ1n) is 10.9. The minimum Gasteiger partial charge on any atom is -0.462 e. The molecule has 2 aromatic carbocycles. The van der Waals surface area contributed by atoms with E-state index in [1.165, 1.54) is 20.3 Å². The Hall–Kier alpha value is -3.03. The highest BCUT2D eigenvalue weighted by Gasteiger charge is 2.46. The molecule has 7 nitrogen and oxygen atoms in total. The lowest BCUT2D eigenvalue weighted by Crippen LogP contribution is -3.29. The standard InChI is InChI=1S/C24H27N3O4/c1-2-31-24(30)19-8-10-20(11-9-19)27-22(28)16-21(23(27)29)26-14-12-25(13-15-26)17-18-6-4-3-5-7-18/h3-11,21H,2,12-17H2,1H3/p+2/t21-/m1/s1. The highest BCUT2D eigenvalue weighted by molar-refractivity contribution is 6.21. The molecule has 0 bridgehead atoms. The number of carbonyl (C=O) groups excluding carboxylic acids is 3. The van der Waals surface area contributed by atoms with Gasteiger partial charge in [0.15, 0.2) is 6.04 Å². The highest BCUT2D eigenvalue weighted by atomic mass is 16.5. The molecule has 31 heavy (non-hydrogen) atoms. The first-order chi connectivity index (χ1) is 15.1. The van der Waals surface area contributed by atoms with Crippen molar-refractivity contribution < 1.29 is 28.9 Å². The number of carbonyl (C=O) groups is 3. The van der Waals surface area contributed by atoms with E-state index in [0.717, 1.165) is 32.7 Å². The van der Waals surface area contributed by atoms with Gasteiger partial charge in [0.25, 0.3) is 5.91 Å². The number of quaternary nitrogens is 2. The van der Waals surface area contributed by atoms with Gasteiger partial charge in [-0.25, -0.2) is 9.69 Å². The molecular formula is C24H29N3O4+2. The lowest BCUT2D eigenvalue weighted by atomic mass is 10.1. The predicted molar refractivity (Wildman–Crippen MR) is 115 cm³/mol. The molecule has 2 fully saturated rings. The maximum absolute atomic E-state index is 13.1. The van der Waals surface area contributed by atoms with Gasteiger partial charge in [-0.1, -0.05) is 30.3 Å². The van der Waals surface area contributed by atoms with E-state index >= 15 is 0 Å². The molecule has 7 heteroatoms. The van der Waals surface area contributed by atoms with Crippen molar-refractivity contribution in [2.24, 2.45) is 0 Å². The second kappa shape index (κ2) is 9.41. The molecule has 0 saturated carbocycles. The summed E-state index contributed by atoms with van der Waals surface area (Å²) < 4.78 is 4.99. The first kappa shape index (κ1) is 21.2. The van der Waals surface area contributed by atoms with Gasteiger partial charge < -0.3 is 14.5 Å². The zero-order valence-corrected chi connectivity index (χ0v) is 17.8. The van der Waals surface area contributed by atoms with Gasteiger partial charge in [0.05, 0.1) is 24.3 Å². The number of hydrogen-bond donors (Lipinski definition) is 2. The Bertz CT molecular complexity index is 937. The van der Waals surface area contributed by atoms with Crippen LogP contribution in [-0.2, 0) is 20.9 Å². The molecule has 2 aliphatic heterocycles. The number of rotatable bonds is 6. The van der Waals surface area contributed by atoms with E-state index in [1.807, 2.05) is 6.07 Å². The minimum atomic E-state index is -0.411. The van der Waals surface area contributed by atoms with Crippen molar-refractivity contribution >= 4 is 23.5 Å². The normalized spacial score (nSPS) is 23.8. The lowest BCUT2D eigenvalue weighted by molar-refractivity contribution is -1.02. The average Bonchev–Trinajstić information content (AvgIpc) is 3.09. The Morgan fingerprint density at radius 2 is 1.68 bits per heavy atom. The fraction of sp³-hybridized carbons (Fsp3) is 0.375. The highest BCUT2D eigenvalue weighted by Crippen LogP contribution is 2.22. The Labute approximate surface area is 182 Å². The van der Waals surface area contributed by atoms with E-state index in [2.05, 4.69) is 24.3 Å². The number of anilines is 1. The molecule has 0 spiro atoms. The molecule has 0 aromatic heterocycles. The summed E-state index contributed by atoms with van der Waals surface area (Å²) >= 11 is 0. The van der Waals surface area contributed by atoms with Crippen molar-refractivity contribution in [3.8, 4) is 0 Å². The molecule has 2 heterocycles. The number of hydrogen-bond acceptors (Lipinski definition) is 4. The molecule has 162 valence electrons. The van der Waals surface area contributed by atoms with Crippen LogP contribution in [0, 0.1) is 0 Å². The van der Waals surface area contributed by atoms with Crippen LogP contribution in [0.5, 0.6) is 0 Å². The molecule has 2 aromatic rings. The number of ether oxygens (including phenoxy) is 1. The first-order valence-corrected chi connectivity index (χ1v) is 10.9. The van der Waals surface area contributed by atoms with Gasteiger partial charge in [-0.3, -0.25) is 9.59 Å². The van der Waals surface area contributed by atoms with E-state index in [9.17, 15) is 14.4 Å². The van der Waals surface area contributed by atoms with Crippen molar-refractivity contribution in [1.82, 2.24) is 0 Å². The third-order valence-corrected chi connectivity index (χ3v) is 6.17. The largest absolute Gasteiger partial charge is 0.462 e. The van der Waals surface area contributed by atoms with Crippen molar-refractivity contribution in [2.45, 2.75) is 25.9 Å². The maximum atomic E-state index is 13.1. The summed E-state index contributed by atoms with van der Waals surface area (Å²) in [5.74, 6) is -0.729. The summed E-state index contributed by atoms with van der Waals surface area (Å²) in [6.07, 6.45) is 0.238. The number of nitrogens with zero attached hydrogens (tertiary/aromatic N) is 1. The Morgan fingerprint density at radius 1 is 1.00 bits per heavy atom. The van der Waals surface area contributed by atoms with E-state index < -0.39 is 5.97 Å². The van der Waals surface area contributed by atoms with E-state index in [4.69, 9.17) is 4.74 Å². The van der Waals surface area contributed by atoms with Gasteiger partial charge in [-0.15, -0.1) is 0 Å². The molecule has 2 amide bonds. The molecule has 4 rings (SSSR count). The summed E-state index contributed by atoms with van der Waals surface area (Å²) in [7, 11) is 0. The minimum absolute atomic E-state index is 0.143. The molecule has 1 atom stereocenters. The van der Waals surface area contributed by atoms with Crippen molar-refractivity contribution in [2.75, 3.05) is 37.7 Å². The van der Waals surface area contributed by atoms with Crippen LogP contribution >= 0.6 is 0 Å². The molecule has 2 N–H and O–H groups in total. The monoisotopic (exact) mass is 423 g/mol. The van der Waals surface area contributed by atoms with Gasteiger partial charge in [-0.2, -0.15) is 0 Å². The molecule has 0 unspecified atom stereocenters. The number of amides is 2. The predicted octanol–water partition coefficient (Wildman–Crippen LogP) is -0.521. The van der Waals surface area contributed by atoms with Crippen molar-refractivity contribution in [3.63, 3.8) is 0 Å². The summed E-state index contributed by atoms with van der Waals surface area (Å²) in [5, 5.41) is 0. The number of piperazine rings is 1. The Morgan fingerprint density at radius 3 is 2.32 bits per heavy atom. The zero-order chi connectivity index (χ0) is 21.8. The van der Waals surface area contributed by atoms with Crippen LogP contribution in [-0.4, -0.2) is 56.6 Å². The quantitative estimate of drug-likeness (QED) is 0.485. The second-order valence-electron chi connectivity index (χ2n) is 8.16. The maximum Gasteiger partial charge on any atom is 0.338 e. The van der Waals surface area contributed by atoms with Gasteiger partial charge in [0.1, 0.15) is 32.7 Å². The Kier molecular flexibility index (Phi) is 6.44. The number of nitrogens with one attached hydrogen (secondary N) is 2. The molecule has 0 radical (unpaired) electrons. The van der Waals surface area contributed by atoms with Crippen LogP contribution in [0.15, 0.2) is 54.6 Å². The van der Waals surface area contributed by atoms with Crippen LogP contribution in [0.4, 0.5) is 5.69 Å². The Balaban J connectivity index is 1.37. The average molecular weight is 424 g/mol. The number of imide groups is 1. The van der Waals surface area contributed by atoms with Crippen LogP contribution < -0.4 is 14.7 Å². The van der Waals surface area contributed by atoms with Crippen LogP contribution in [0.1, 0.15) is 29.3 Å². The fourth-order valence-corrected chi connectivity index (χ4v) is 4.52. The third kappa shape index (κ3) is 4.68. The third-order valence-electron chi connectivity index (χ3n) is 6.17. The van der Waals surface area contributed by atoms with Gasteiger partial charge in [-0.05, 0) is 31.2 Å². The molecule has 2 saturated heterocycles. The van der Waals surface area contributed by atoms with Crippen molar-refractivity contribution in [1.29, 1.82) is 0 Å². The lowest BCUT2D eigenvalue weighted by Gasteiger charge is -2.32. The SMILES string of the molecule is CCOC(=O)c1ccc(N2C(=O)C[C@@H]([NH+]3CC[NH+](Cc4ccccc4)CC3)C2=O)cc1.